The molecule has 150 valence electrons. The van der Waals surface area contributed by atoms with Crippen LogP contribution in [0.3, 0.4) is 0 Å². The Hall–Kier alpha value is -2.77. The molecule has 0 unspecified atom stereocenters. The molecular weight excluding hydrogens is 412 g/mol. The van der Waals surface area contributed by atoms with Crippen molar-refractivity contribution >= 4 is 35.1 Å². The lowest BCUT2D eigenvalue weighted by Gasteiger charge is -2.40. The van der Waals surface area contributed by atoms with Gasteiger partial charge in [-0.3, -0.25) is 4.79 Å². The van der Waals surface area contributed by atoms with E-state index in [0.29, 0.717) is 5.75 Å². The van der Waals surface area contributed by atoms with Gasteiger partial charge in [0.1, 0.15) is 0 Å². The first kappa shape index (κ1) is 19.2. The maximum atomic E-state index is 13.4. The molecule has 30 heavy (non-hydrogen) atoms. The number of rotatable bonds is 4. The highest BCUT2D eigenvalue weighted by Gasteiger charge is 2.36. The Labute approximate surface area is 183 Å². The van der Waals surface area contributed by atoms with Crippen LogP contribution in [-0.2, 0) is 11.8 Å². The topological polar surface area (TPSA) is 51.0 Å². The molecule has 0 bridgehead atoms. The van der Waals surface area contributed by atoms with Gasteiger partial charge >= 0.3 is 0 Å². The second-order valence-corrected chi connectivity index (χ2v) is 9.26. The molecular formula is C23H20N4OS2. The number of aromatic nitrogens is 3. The molecule has 0 fully saturated rings. The molecule has 0 radical (unpaired) electrons. The molecule has 5 nitrogen and oxygen atoms in total. The van der Waals surface area contributed by atoms with E-state index in [1.54, 1.807) is 0 Å². The molecule has 2 heterocycles. The summed E-state index contributed by atoms with van der Waals surface area (Å²) in [4.78, 5) is 16.4. The number of carbonyl (C=O) groups excluding carboxylic acids is 1. The van der Waals surface area contributed by atoms with Crippen molar-refractivity contribution in [3.63, 3.8) is 0 Å². The molecule has 1 aromatic heterocycles. The number of benzene rings is 2. The summed E-state index contributed by atoms with van der Waals surface area (Å²) in [5, 5.41) is 9.60. The molecule has 0 N–H and O–H groups in total. The standard InChI is InChI=1S/C23H20N4OS2/c1-26-22(16-9-3-2-4-10-16)24-25-23(26)29-15-21(28)27-17-11-5-7-13-19(17)30-20-14-8-6-12-18(20)27/h2-14,17,19H,15H2,1H3/t17-,19-/m1/s1. The molecule has 1 aliphatic heterocycles. The third-order valence-electron chi connectivity index (χ3n) is 5.20. The Kier molecular flexibility index (Phi) is 5.23. The molecule has 3 aromatic rings. The Morgan fingerprint density at radius 1 is 1.03 bits per heavy atom. The number of allylic oxidation sites excluding steroid dienone is 2. The molecule has 2 atom stereocenters. The van der Waals surface area contributed by atoms with E-state index in [1.807, 2.05) is 82.9 Å². The van der Waals surface area contributed by atoms with Gasteiger partial charge in [0.2, 0.25) is 5.91 Å². The quantitative estimate of drug-likeness (QED) is 0.565. The summed E-state index contributed by atoms with van der Waals surface area (Å²) in [5.41, 5.74) is 1.99. The van der Waals surface area contributed by atoms with Gasteiger partial charge < -0.3 is 9.47 Å². The Bertz CT molecular complexity index is 1140. The second kappa shape index (κ2) is 8.16. The monoisotopic (exact) mass is 432 g/mol. The second-order valence-electron chi connectivity index (χ2n) is 7.09. The predicted molar refractivity (Wildman–Crippen MR) is 123 cm³/mol. The number of anilines is 1. The van der Waals surface area contributed by atoms with Crippen LogP contribution in [-0.4, -0.2) is 37.7 Å². The lowest BCUT2D eigenvalue weighted by molar-refractivity contribution is -0.116. The fraction of sp³-hybridized carbons (Fsp3) is 0.174. The number of fused-ring (bicyclic) bond motifs is 2. The van der Waals surface area contributed by atoms with E-state index < -0.39 is 0 Å². The minimum Gasteiger partial charge on any atom is -0.305 e. The molecule has 0 saturated carbocycles. The highest BCUT2D eigenvalue weighted by molar-refractivity contribution is 8.00. The van der Waals surface area contributed by atoms with Gasteiger partial charge in [-0.1, -0.05) is 78.5 Å². The largest absolute Gasteiger partial charge is 0.305 e. The average Bonchev–Trinajstić information content (AvgIpc) is 3.16. The van der Waals surface area contributed by atoms with Crippen LogP contribution < -0.4 is 4.90 Å². The van der Waals surface area contributed by atoms with Gasteiger partial charge in [-0.15, -0.1) is 22.0 Å². The third-order valence-corrected chi connectivity index (χ3v) is 7.52. The summed E-state index contributed by atoms with van der Waals surface area (Å²) in [6.07, 6.45) is 8.38. The number of para-hydroxylation sites is 1. The fourth-order valence-corrected chi connectivity index (χ4v) is 5.78. The molecule has 2 aromatic carbocycles. The molecule has 1 amide bonds. The first-order valence-electron chi connectivity index (χ1n) is 9.73. The van der Waals surface area contributed by atoms with E-state index in [0.717, 1.165) is 27.1 Å². The Morgan fingerprint density at radius 3 is 2.67 bits per heavy atom. The van der Waals surface area contributed by atoms with Crippen LogP contribution in [0, 0.1) is 0 Å². The van der Waals surface area contributed by atoms with Crippen molar-refractivity contribution in [2.24, 2.45) is 7.05 Å². The summed E-state index contributed by atoms with van der Waals surface area (Å²) in [7, 11) is 1.94. The van der Waals surface area contributed by atoms with Crippen molar-refractivity contribution in [2.75, 3.05) is 10.7 Å². The van der Waals surface area contributed by atoms with Gasteiger partial charge in [0.15, 0.2) is 11.0 Å². The van der Waals surface area contributed by atoms with E-state index in [2.05, 4.69) is 34.5 Å². The van der Waals surface area contributed by atoms with Gasteiger partial charge in [0.05, 0.1) is 22.7 Å². The number of carbonyl (C=O) groups is 1. The van der Waals surface area contributed by atoms with Crippen molar-refractivity contribution in [2.45, 2.75) is 21.3 Å². The van der Waals surface area contributed by atoms with Crippen LogP contribution in [0.4, 0.5) is 5.69 Å². The maximum absolute atomic E-state index is 13.4. The number of amides is 1. The SMILES string of the molecule is Cn1c(SCC(=O)N2c3ccccc3S[C@@H]3C=CC=C[C@H]32)nnc1-c1ccccc1. The highest BCUT2D eigenvalue weighted by atomic mass is 32.2. The molecule has 7 heteroatoms. The number of hydrogen-bond acceptors (Lipinski definition) is 5. The zero-order valence-electron chi connectivity index (χ0n) is 16.4. The van der Waals surface area contributed by atoms with Gasteiger partial charge in [0, 0.05) is 17.5 Å². The van der Waals surface area contributed by atoms with Crippen molar-refractivity contribution in [3.8, 4) is 11.4 Å². The first-order chi connectivity index (χ1) is 14.7. The molecule has 2 aliphatic rings. The molecule has 0 saturated heterocycles. The van der Waals surface area contributed by atoms with E-state index in [4.69, 9.17) is 0 Å². The zero-order chi connectivity index (χ0) is 20.5. The maximum Gasteiger partial charge on any atom is 0.238 e. The van der Waals surface area contributed by atoms with Crippen molar-refractivity contribution in [1.82, 2.24) is 14.8 Å². The van der Waals surface area contributed by atoms with Gasteiger partial charge in [-0.2, -0.15) is 0 Å². The smallest absolute Gasteiger partial charge is 0.238 e. The zero-order valence-corrected chi connectivity index (χ0v) is 18.0. The fourth-order valence-electron chi connectivity index (χ4n) is 3.76. The van der Waals surface area contributed by atoms with Crippen LogP contribution >= 0.6 is 23.5 Å². The van der Waals surface area contributed by atoms with Crippen LogP contribution in [0.25, 0.3) is 11.4 Å². The summed E-state index contributed by atoms with van der Waals surface area (Å²) in [6, 6.07) is 18.1. The molecule has 5 rings (SSSR count). The van der Waals surface area contributed by atoms with Crippen LogP contribution in [0.15, 0.2) is 89.0 Å². The average molecular weight is 433 g/mol. The van der Waals surface area contributed by atoms with E-state index in [1.165, 1.54) is 11.8 Å². The summed E-state index contributed by atoms with van der Waals surface area (Å²) < 4.78 is 1.94. The van der Waals surface area contributed by atoms with Crippen molar-refractivity contribution < 1.29 is 4.79 Å². The van der Waals surface area contributed by atoms with E-state index >= 15 is 0 Å². The Balaban J connectivity index is 1.37. The Morgan fingerprint density at radius 2 is 1.80 bits per heavy atom. The first-order valence-corrected chi connectivity index (χ1v) is 11.6. The van der Waals surface area contributed by atoms with Gasteiger partial charge in [-0.05, 0) is 12.1 Å². The number of nitrogens with zero attached hydrogens (tertiary/aromatic N) is 4. The van der Waals surface area contributed by atoms with Crippen LogP contribution in [0.5, 0.6) is 0 Å². The van der Waals surface area contributed by atoms with E-state index in [-0.39, 0.29) is 17.2 Å². The van der Waals surface area contributed by atoms with Crippen LogP contribution in [0.1, 0.15) is 0 Å². The molecule has 0 spiro atoms. The predicted octanol–water partition coefficient (Wildman–Crippen LogP) is 4.58. The van der Waals surface area contributed by atoms with Crippen molar-refractivity contribution in [3.05, 3.63) is 78.9 Å². The van der Waals surface area contributed by atoms with Gasteiger partial charge in [-0.25, -0.2) is 0 Å². The summed E-state index contributed by atoms with van der Waals surface area (Å²) in [6.45, 7) is 0. The van der Waals surface area contributed by atoms with E-state index in [9.17, 15) is 4.79 Å². The minimum absolute atomic E-state index is 0.0300. The lowest BCUT2D eigenvalue weighted by atomic mass is 10.0. The van der Waals surface area contributed by atoms with Crippen LogP contribution in [0.2, 0.25) is 0 Å². The highest BCUT2D eigenvalue weighted by Crippen LogP contribution is 2.43. The number of hydrogen-bond donors (Lipinski definition) is 0. The summed E-state index contributed by atoms with van der Waals surface area (Å²) in [5.74, 6) is 1.18. The lowest BCUT2D eigenvalue weighted by Crippen LogP contribution is -2.48. The normalized spacial score (nSPS) is 19.4. The summed E-state index contributed by atoms with van der Waals surface area (Å²) >= 11 is 3.24. The molecule has 1 aliphatic carbocycles. The third kappa shape index (κ3) is 3.48. The van der Waals surface area contributed by atoms with Crippen molar-refractivity contribution in [1.29, 1.82) is 0 Å². The number of thioether (sulfide) groups is 2. The minimum atomic E-state index is 0.0300. The van der Waals surface area contributed by atoms with Gasteiger partial charge in [0.25, 0.3) is 0 Å².